The molecule has 160 valence electrons. The lowest BCUT2D eigenvalue weighted by Crippen LogP contribution is -2.57. The molecule has 0 radical (unpaired) electrons. The lowest BCUT2D eigenvalue weighted by Gasteiger charge is -2.36. The predicted molar refractivity (Wildman–Crippen MR) is 109 cm³/mol. The molecule has 0 atom stereocenters. The first-order valence-corrected chi connectivity index (χ1v) is 9.67. The molecule has 1 aliphatic rings. The van der Waals surface area contributed by atoms with Gasteiger partial charge in [-0.15, -0.1) is 0 Å². The highest BCUT2D eigenvalue weighted by Crippen LogP contribution is 2.24. The van der Waals surface area contributed by atoms with Gasteiger partial charge in [0.05, 0.1) is 44.1 Å². The standard InChI is InChI=1S/C22H26FN3O4/c1-28-20-7-4-17(10-19(20)23)12-26(18-5-2-16(11-24)3-6-18)9-8-21-29-14-22(25,13-27)15-30-21/h2-7,10,21,27H,8-9,12-15,25H2,1H3. The average molecular weight is 415 g/mol. The number of halogens is 1. The second-order valence-corrected chi connectivity index (χ2v) is 7.41. The monoisotopic (exact) mass is 415 g/mol. The molecular formula is C22H26FN3O4. The predicted octanol–water partition coefficient (Wildman–Crippen LogP) is 2.17. The third-order valence-corrected chi connectivity index (χ3v) is 5.01. The Bertz CT molecular complexity index is 877. The number of aliphatic hydroxyl groups is 1. The van der Waals surface area contributed by atoms with Crippen molar-refractivity contribution in [2.45, 2.75) is 24.8 Å². The van der Waals surface area contributed by atoms with Crippen LogP contribution in [0.3, 0.4) is 0 Å². The summed E-state index contributed by atoms with van der Waals surface area (Å²) in [5.74, 6) is -0.223. The molecule has 0 aromatic heterocycles. The van der Waals surface area contributed by atoms with Gasteiger partial charge in [-0.25, -0.2) is 4.39 Å². The van der Waals surface area contributed by atoms with Crippen molar-refractivity contribution < 1.29 is 23.7 Å². The van der Waals surface area contributed by atoms with Crippen LogP contribution in [0.25, 0.3) is 0 Å². The molecule has 7 nitrogen and oxygen atoms in total. The summed E-state index contributed by atoms with van der Waals surface area (Å²) in [5.41, 5.74) is 7.32. The van der Waals surface area contributed by atoms with Gasteiger partial charge in [0.2, 0.25) is 0 Å². The van der Waals surface area contributed by atoms with Crippen molar-refractivity contribution in [2.75, 3.05) is 38.4 Å². The molecule has 1 aliphatic heterocycles. The van der Waals surface area contributed by atoms with E-state index in [2.05, 4.69) is 11.0 Å². The van der Waals surface area contributed by atoms with E-state index >= 15 is 0 Å². The minimum atomic E-state index is -0.871. The van der Waals surface area contributed by atoms with Crippen LogP contribution in [-0.4, -0.2) is 50.4 Å². The Kier molecular flexibility index (Phi) is 7.24. The van der Waals surface area contributed by atoms with Crippen LogP contribution >= 0.6 is 0 Å². The number of hydrogen-bond donors (Lipinski definition) is 2. The van der Waals surface area contributed by atoms with Gasteiger partial charge in [0.1, 0.15) is 0 Å². The third-order valence-electron chi connectivity index (χ3n) is 5.01. The summed E-state index contributed by atoms with van der Waals surface area (Å²) in [6.45, 7) is 1.25. The largest absolute Gasteiger partial charge is 0.494 e. The molecule has 2 aromatic rings. The summed E-state index contributed by atoms with van der Waals surface area (Å²) < 4.78 is 30.4. The fourth-order valence-corrected chi connectivity index (χ4v) is 3.20. The van der Waals surface area contributed by atoms with Crippen LogP contribution in [0.1, 0.15) is 17.5 Å². The summed E-state index contributed by atoms with van der Waals surface area (Å²) in [6.07, 6.45) is 0.113. The molecule has 2 aromatic carbocycles. The molecule has 0 aliphatic carbocycles. The van der Waals surface area contributed by atoms with Crippen molar-refractivity contribution in [3.05, 3.63) is 59.4 Å². The van der Waals surface area contributed by atoms with Crippen molar-refractivity contribution in [2.24, 2.45) is 5.73 Å². The molecule has 8 heteroatoms. The Balaban J connectivity index is 1.71. The molecule has 1 fully saturated rings. The zero-order chi connectivity index (χ0) is 21.6. The Morgan fingerprint density at radius 3 is 2.53 bits per heavy atom. The number of nitrogens with zero attached hydrogens (tertiary/aromatic N) is 2. The molecule has 3 N–H and O–H groups in total. The first-order chi connectivity index (χ1) is 14.5. The first-order valence-electron chi connectivity index (χ1n) is 9.67. The highest BCUT2D eigenvalue weighted by atomic mass is 19.1. The van der Waals surface area contributed by atoms with Gasteiger partial charge < -0.3 is 30.0 Å². The Morgan fingerprint density at radius 1 is 1.27 bits per heavy atom. The van der Waals surface area contributed by atoms with Crippen molar-refractivity contribution in [3.8, 4) is 11.8 Å². The maximum Gasteiger partial charge on any atom is 0.165 e. The molecule has 30 heavy (non-hydrogen) atoms. The van der Waals surface area contributed by atoms with Crippen LogP contribution in [0.2, 0.25) is 0 Å². The van der Waals surface area contributed by atoms with Crippen LogP contribution in [-0.2, 0) is 16.0 Å². The van der Waals surface area contributed by atoms with Gasteiger partial charge in [-0.3, -0.25) is 0 Å². The third kappa shape index (κ3) is 5.46. The molecule has 1 saturated heterocycles. The highest BCUT2D eigenvalue weighted by Gasteiger charge is 2.32. The fraction of sp³-hybridized carbons (Fsp3) is 0.409. The van der Waals surface area contributed by atoms with Crippen molar-refractivity contribution >= 4 is 5.69 Å². The Hall–Kier alpha value is -2.70. The van der Waals surface area contributed by atoms with Gasteiger partial charge in [-0.1, -0.05) is 6.07 Å². The van der Waals surface area contributed by atoms with Crippen LogP contribution in [0, 0.1) is 17.1 Å². The fourth-order valence-electron chi connectivity index (χ4n) is 3.20. The lowest BCUT2D eigenvalue weighted by molar-refractivity contribution is -0.213. The van der Waals surface area contributed by atoms with Gasteiger partial charge in [-0.2, -0.15) is 5.26 Å². The van der Waals surface area contributed by atoms with E-state index in [1.54, 1.807) is 18.2 Å². The normalized spacial score (nSPS) is 21.1. The molecule has 0 unspecified atom stereocenters. The maximum absolute atomic E-state index is 14.1. The zero-order valence-corrected chi connectivity index (χ0v) is 16.9. The number of hydrogen-bond acceptors (Lipinski definition) is 7. The quantitative estimate of drug-likeness (QED) is 0.681. The van der Waals surface area contributed by atoms with Gasteiger partial charge in [0.15, 0.2) is 17.9 Å². The molecule has 0 bridgehead atoms. The minimum Gasteiger partial charge on any atom is -0.494 e. The second kappa shape index (κ2) is 9.87. The summed E-state index contributed by atoms with van der Waals surface area (Å²) >= 11 is 0. The van der Waals surface area contributed by atoms with Gasteiger partial charge in [0.25, 0.3) is 0 Å². The zero-order valence-electron chi connectivity index (χ0n) is 16.9. The number of nitrogens with two attached hydrogens (primary N) is 1. The van der Waals surface area contributed by atoms with E-state index in [9.17, 15) is 9.50 Å². The smallest absolute Gasteiger partial charge is 0.165 e. The summed E-state index contributed by atoms with van der Waals surface area (Å²) in [6, 6.07) is 14.2. The Labute approximate surface area is 175 Å². The van der Waals surface area contributed by atoms with Crippen LogP contribution in [0.4, 0.5) is 10.1 Å². The maximum atomic E-state index is 14.1. The minimum absolute atomic E-state index is 0.196. The van der Waals surface area contributed by atoms with Crippen LogP contribution in [0.5, 0.6) is 5.75 Å². The number of methoxy groups -OCH3 is 1. The van der Waals surface area contributed by atoms with Crippen molar-refractivity contribution in [1.82, 2.24) is 0 Å². The first kappa shape index (κ1) is 22.0. The highest BCUT2D eigenvalue weighted by molar-refractivity contribution is 5.50. The van der Waals surface area contributed by atoms with Gasteiger partial charge >= 0.3 is 0 Å². The van der Waals surface area contributed by atoms with E-state index in [0.29, 0.717) is 25.1 Å². The van der Waals surface area contributed by atoms with E-state index in [0.717, 1.165) is 11.3 Å². The molecule has 1 heterocycles. The lowest BCUT2D eigenvalue weighted by atomic mass is 10.0. The van der Waals surface area contributed by atoms with Crippen molar-refractivity contribution in [3.63, 3.8) is 0 Å². The van der Waals surface area contributed by atoms with Crippen LogP contribution in [0.15, 0.2) is 42.5 Å². The summed E-state index contributed by atoms with van der Waals surface area (Å²) in [4.78, 5) is 2.06. The topological polar surface area (TPSA) is 101 Å². The molecule has 3 rings (SSSR count). The summed E-state index contributed by atoms with van der Waals surface area (Å²) in [7, 11) is 1.43. The second-order valence-electron chi connectivity index (χ2n) is 7.41. The average Bonchev–Trinajstić information content (AvgIpc) is 2.78. The van der Waals surface area contributed by atoms with E-state index in [4.69, 9.17) is 25.2 Å². The van der Waals surface area contributed by atoms with Crippen molar-refractivity contribution in [1.29, 1.82) is 5.26 Å². The van der Waals surface area contributed by atoms with E-state index in [1.165, 1.54) is 13.2 Å². The van der Waals surface area contributed by atoms with Crippen LogP contribution < -0.4 is 15.4 Å². The Morgan fingerprint density at radius 2 is 1.97 bits per heavy atom. The van der Waals surface area contributed by atoms with E-state index < -0.39 is 17.6 Å². The number of benzene rings is 2. The number of anilines is 1. The summed E-state index contributed by atoms with van der Waals surface area (Å²) in [5, 5.41) is 18.4. The molecule has 0 spiro atoms. The number of nitriles is 1. The van der Waals surface area contributed by atoms with Gasteiger partial charge in [-0.05, 0) is 42.0 Å². The SMILES string of the molecule is COc1ccc(CN(CCC2OCC(N)(CO)CO2)c2ccc(C#N)cc2)cc1F. The number of ether oxygens (including phenoxy) is 3. The molecule has 0 saturated carbocycles. The number of aliphatic hydroxyl groups excluding tert-OH is 1. The number of rotatable bonds is 8. The van der Waals surface area contributed by atoms with E-state index in [1.807, 2.05) is 18.2 Å². The molecule has 0 amide bonds. The van der Waals surface area contributed by atoms with E-state index in [-0.39, 0.29) is 25.6 Å². The molecular weight excluding hydrogens is 389 g/mol. The van der Waals surface area contributed by atoms with Gasteiger partial charge in [0, 0.05) is 25.2 Å².